The fourth-order valence-electron chi connectivity index (χ4n) is 4.05. The van der Waals surface area contributed by atoms with Crippen molar-refractivity contribution >= 4 is 23.2 Å². The zero-order valence-corrected chi connectivity index (χ0v) is 17.3. The fraction of sp³-hybridized carbons (Fsp3) is 0.409. The van der Waals surface area contributed by atoms with E-state index in [1.807, 2.05) is 36.6 Å². The van der Waals surface area contributed by atoms with E-state index in [0.717, 1.165) is 67.7 Å². The molecule has 1 aromatic heterocycles. The predicted octanol–water partition coefficient (Wildman–Crippen LogP) is 3.16. The number of nitrogens with zero attached hydrogens (tertiary/aromatic N) is 2. The predicted molar refractivity (Wildman–Crippen MR) is 112 cm³/mol. The first-order chi connectivity index (χ1) is 14.2. The lowest BCUT2D eigenvalue weighted by Gasteiger charge is -2.33. The molecular weight excluding hydrogens is 388 g/mol. The Labute approximate surface area is 174 Å². The number of allylic oxidation sites excluding steroid dienone is 1. The summed E-state index contributed by atoms with van der Waals surface area (Å²) >= 11 is 1.59. The monoisotopic (exact) mass is 412 g/mol. The highest BCUT2D eigenvalue weighted by atomic mass is 32.1. The van der Waals surface area contributed by atoms with Crippen molar-refractivity contribution in [2.45, 2.75) is 13.5 Å². The van der Waals surface area contributed by atoms with E-state index < -0.39 is 0 Å². The van der Waals surface area contributed by atoms with Gasteiger partial charge in [-0.05, 0) is 24.4 Å². The van der Waals surface area contributed by atoms with Gasteiger partial charge in [0.2, 0.25) is 5.78 Å². The normalized spacial score (nSPS) is 21.0. The Balaban J connectivity index is 1.33. The minimum atomic E-state index is -0.0512. The van der Waals surface area contributed by atoms with Crippen molar-refractivity contribution in [3.8, 4) is 11.5 Å². The molecule has 0 atom stereocenters. The molecular formula is C22H24N2O4S. The van der Waals surface area contributed by atoms with Crippen molar-refractivity contribution in [3.05, 3.63) is 50.9 Å². The van der Waals surface area contributed by atoms with E-state index in [2.05, 4.69) is 9.80 Å². The lowest BCUT2D eigenvalue weighted by molar-refractivity contribution is 0.0239. The van der Waals surface area contributed by atoms with Crippen molar-refractivity contribution < 1.29 is 19.0 Å². The van der Waals surface area contributed by atoms with Crippen LogP contribution in [0.5, 0.6) is 11.5 Å². The molecule has 0 spiro atoms. The smallest absolute Gasteiger partial charge is 0.232 e. The summed E-state index contributed by atoms with van der Waals surface area (Å²) < 4.78 is 17.4. The molecule has 1 saturated heterocycles. The number of ketones is 1. The second-order valence-corrected chi connectivity index (χ2v) is 8.58. The molecule has 0 radical (unpaired) electrons. The van der Waals surface area contributed by atoms with Crippen molar-refractivity contribution in [3.63, 3.8) is 0 Å². The second-order valence-electron chi connectivity index (χ2n) is 7.60. The van der Waals surface area contributed by atoms with Gasteiger partial charge in [-0.3, -0.25) is 14.6 Å². The molecule has 3 aliphatic rings. The number of morpholine rings is 1. The highest BCUT2D eigenvalue weighted by Crippen LogP contribution is 2.43. The maximum absolute atomic E-state index is 12.9. The lowest BCUT2D eigenvalue weighted by Crippen LogP contribution is -2.43. The SMILES string of the molecule is Cc1c2c(cc3c1O/C(=C/c1cccs1)C3=O)CN(CCN1CCOCC1)CO2. The van der Waals surface area contributed by atoms with Crippen LogP contribution < -0.4 is 9.47 Å². The summed E-state index contributed by atoms with van der Waals surface area (Å²) in [6, 6.07) is 5.90. The standard InChI is InChI=1S/C22H24N2O4S/c1-15-21-16(13-24(14-27-21)5-4-23-6-8-26-9-7-23)11-18-20(25)19(28-22(15)18)12-17-3-2-10-29-17/h2-3,10-12H,4-9,13-14H2,1H3/b19-12+. The van der Waals surface area contributed by atoms with Crippen LogP contribution in [-0.2, 0) is 11.3 Å². The van der Waals surface area contributed by atoms with Gasteiger partial charge in [-0.25, -0.2) is 0 Å². The zero-order valence-electron chi connectivity index (χ0n) is 16.5. The molecule has 4 heterocycles. The summed E-state index contributed by atoms with van der Waals surface area (Å²) in [5, 5.41) is 1.99. The van der Waals surface area contributed by atoms with Gasteiger partial charge in [0.25, 0.3) is 0 Å². The van der Waals surface area contributed by atoms with Crippen LogP contribution in [0, 0.1) is 6.92 Å². The van der Waals surface area contributed by atoms with E-state index in [0.29, 0.717) is 23.8 Å². The number of ether oxygens (including phenoxy) is 3. The summed E-state index contributed by atoms with van der Waals surface area (Å²) in [5.41, 5.74) is 2.61. The number of carbonyl (C=O) groups excluding carboxylic acids is 1. The van der Waals surface area contributed by atoms with E-state index in [1.54, 1.807) is 11.3 Å². The Morgan fingerprint density at radius 3 is 2.79 bits per heavy atom. The summed E-state index contributed by atoms with van der Waals surface area (Å²) in [6.07, 6.45) is 1.82. The van der Waals surface area contributed by atoms with Crippen molar-refractivity contribution in [2.24, 2.45) is 0 Å². The van der Waals surface area contributed by atoms with E-state index in [4.69, 9.17) is 14.2 Å². The van der Waals surface area contributed by atoms with Crippen LogP contribution in [0.3, 0.4) is 0 Å². The molecule has 29 heavy (non-hydrogen) atoms. The molecule has 0 amide bonds. The Hall–Kier alpha value is -2.19. The average molecular weight is 413 g/mol. The quantitative estimate of drug-likeness (QED) is 0.719. The molecule has 0 aliphatic carbocycles. The molecule has 152 valence electrons. The highest BCUT2D eigenvalue weighted by Gasteiger charge is 2.33. The maximum Gasteiger partial charge on any atom is 0.232 e. The van der Waals surface area contributed by atoms with Crippen LogP contribution in [0.15, 0.2) is 29.3 Å². The largest absolute Gasteiger partial charge is 0.477 e. The van der Waals surface area contributed by atoms with Gasteiger partial charge in [-0.15, -0.1) is 11.3 Å². The van der Waals surface area contributed by atoms with Crippen LogP contribution in [0.1, 0.15) is 26.4 Å². The minimum Gasteiger partial charge on any atom is -0.477 e. The lowest BCUT2D eigenvalue weighted by atomic mass is 10.00. The molecule has 5 rings (SSSR count). The number of benzene rings is 1. The molecule has 1 aromatic carbocycles. The number of Topliss-reactive ketones (excluding diaryl/α,β-unsaturated/α-hetero) is 1. The van der Waals surface area contributed by atoms with Crippen molar-refractivity contribution in [2.75, 3.05) is 46.1 Å². The number of rotatable bonds is 4. The average Bonchev–Trinajstić information content (AvgIpc) is 3.37. The van der Waals surface area contributed by atoms with Crippen LogP contribution in [0.25, 0.3) is 6.08 Å². The summed E-state index contributed by atoms with van der Waals surface area (Å²) in [4.78, 5) is 18.6. The fourth-order valence-corrected chi connectivity index (χ4v) is 4.70. The number of hydrogen-bond donors (Lipinski definition) is 0. The van der Waals surface area contributed by atoms with Crippen molar-refractivity contribution in [1.29, 1.82) is 0 Å². The summed E-state index contributed by atoms with van der Waals surface area (Å²) in [5.74, 6) is 1.83. The summed E-state index contributed by atoms with van der Waals surface area (Å²) in [7, 11) is 0. The number of thiophene rings is 1. The first kappa shape index (κ1) is 18.8. The molecule has 0 N–H and O–H groups in total. The van der Waals surface area contributed by atoms with Crippen LogP contribution >= 0.6 is 11.3 Å². The third-order valence-corrected chi connectivity index (χ3v) is 6.47. The number of hydrogen-bond acceptors (Lipinski definition) is 7. The minimum absolute atomic E-state index is 0.0512. The highest BCUT2D eigenvalue weighted by molar-refractivity contribution is 7.10. The first-order valence-electron chi connectivity index (χ1n) is 9.98. The molecule has 1 fully saturated rings. The van der Waals surface area contributed by atoms with Gasteiger partial charge in [0.1, 0.15) is 18.2 Å². The second kappa shape index (κ2) is 7.91. The number of carbonyl (C=O) groups is 1. The van der Waals surface area contributed by atoms with E-state index in [9.17, 15) is 4.79 Å². The van der Waals surface area contributed by atoms with Gasteiger partial charge in [0.05, 0.1) is 18.8 Å². The van der Waals surface area contributed by atoms with Gasteiger partial charge in [0.15, 0.2) is 5.76 Å². The van der Waals surface area contributed by atoms with Gasteiger partial charge >= 0.3 is 0 Å². The molecule has 3 aliphatic heterocycles. The Bertz CT molecular complexity index is 948. The maximum atomic E-state index is 12.9. The van der Waals surface area contributed by atoms with E-state index in [-0.39, 0.29) is 5.78 Å². The Morgan fingerprint density at radius 1 is 1.17 bits per heavy atom. The third-order valence-electron chi connectivity index (χ3n) is 5.65. The van der Waals surface area contributed by atoms with Crippen molar-refractivity contribution in [1.82, 2.24) is 9.80 Å². The van der Waals surface area contributed by atoms with Crippen LogP contribution in [0.4, 0.5) is 0 Å². The van der Waals surface area contributed by atoms with Crippen LogP contribution in [-0.4, -0.2) is 61.7 Å². The van der Waals surface area contributed by atoms with Crippen LogP contribution in [0.2, 0.25) is 0 Å². The molecule has 0 saturated carbocycles. The molecule has 0 unspecified atom stereocenters. The Morgan fingerprint density at radius 2 is 2.00 bits per heavy atom. The first-order valence-corrected chi connectivity index (χ1v) is 10.9. The topological polar surface area (TPSA) is 51.2 Å². The summed E-state index contributed by atoms with van der Waals surface area (Å²) in [6.45, 7) is 8.86. The molecule has 0 bridgehead atoms. The van der Waals surface area contributed by atoms with Gasteiger partial charge < -0.3 is 14.2 Å². The number of fused-ring (bicyclic) bond motifs is 2. The van der Waals surface area contributed by atoms with Gasteiger partial charge in [-0.1, -0.05) is 6.07 Å². The van der Waals surface area contributed by atoms with E-state index in [1.165, 1.54) is 0 Å². The molecule has 6 nitrogen and oxygen atoms in total. The van der Waals surface area contributed by atoms with Gasteiger partial charge in [-0.2, -0.15) is 0 Å². The molecule has 7 heteroatoms. The Kier molecular flexibility index (Phi) is 5.13. The zero-order chi connectivity index (χ0) is 19.8. The van der Waals surface area contributed by atoms with Gasteiger partial charge in [0, 0.05) is 54.8 Å². The molecule has 2 aromatic rings. The van der Waals surface area contributed by atoms with E-state index >= 15 is 0 Å². The third kappa shape index (κ3) is 3.71.